The van der Waals surface area contributed by atoms with Crippen LogP contribution in [0.15, 0.2) is 48.7 Å². The van der Waals surface area contributed by atoms with E-state index in [2.05, 4.69) is 23.0 Å². The summed E-state index contributed by atoms with van der Waals surface area (Å²) in [6, 6.07) is 13.9. The lowest BCUT2D eigenvalue weighted by Gasteiger charge is -2.35. The molecule has 0 N–H and O–H groups in total. The minimum absolute atomic E-state index is 0.246. The highest BCUT2D eigenvalue weighted by molar-refractivity contribution is 5.96. The number of hydrogen-bond acceptors (Lipinski definition) is 4. The minimum Gasteiger partial charge on any atom is -0.443 e. The van der Waals surface area contributed by atoms with Crippen LogP contribution in [0.25, 0.3) is 0 Å². The van der Waals surface area contributed by atoms with Crippen molar-refractivity contribution in [2.75, 3.05) is 18.5 Å². The van der Waals surface area contributed by atoms with Gasteiger partial charge in [-0.1, -0.05) is 30.7 Å². The monoisotopic (exact) mass is 367 g/mol. The number of benzene rings is 1. The van der Waals surface area contributed by atoms with E-state index in [0.29, 0.717) is 5.82 Å². The van der Waals surface area contributed by atoms with Crippen LogP contribution in [-0.4, -0.2) is 35.2 Å². The standard InChI is InChI=1S/C22H29N3O2/c1-22(2,3)27-21(26)25(17-11-6-5-7-12-17)20-18(13-10-15-23-20)19-14-8-9-16-24(19)4/h5-7,10-13,15,19H,8-9,14,16H2,1-4H3/t19-/m0/s1. The Morgan fingerprint density at radius 1 is 1.15 bits per heavy atom. The summed E-state index contributed by atoms with van der Waals surface area (Å²) >= 11 is 0. The second kappa shape index (κ2) is 8.09. The van der Waals surface area contributed by atoms with Crippen molar-refractivity contribution in [1.29, 1.82) is 0 Å². The van der Waals surface area contributed by atoms with E-state index in [1.165, 1.54) is 12.8 Å². The van der Waals surface area contributed by atoms with Gasteiger partial charge in [0.2, 0.25) is 0 Å². The molecule has 144 valence electrons. The summed E-state index contributed by atoms with van der Waals surface area (Å²) in [7, 11) is 2.14. The van der Waals surface area contributed by atoms with E-state index in [-0.39, 0.29) is 6.04 Å². The van der Waals surface area contributed by atoms with E-state index in [4.69, 9.17) is 4.74 Å². The first-order valence-electron chi connectivity index (χ1n) is 9.60. The van der Waals surface area contributed by atoms with Gasteiger partial charge in [-0.3, -0.25) is 4.90 Å². The third-order valence-electron chi connectivity index (χ3n) is 4.75. The molecule has 0 saturated carbocycles. The molecule has 1 fully saturated rings. The van der Waals surface area contributed by atoms with Gasteiger partial charge >= 0.3 is 6.09 Å². The number of likely N-dealkylation sites (tertiary alicyclic amines) is 1. The van der Waals surface area contributed by atoms with Gasteiger partial charge in [-0.25, -0.2) is 14.7 Å². The number of carbonyl (C=O) groups excluding carboxylic acids is 1. The number of rotatable bonds is 3. The number of carbonyl (C=O) groups is 1. The van der Waals surface area contributed by atoms with Crippen molar-refractivity contribution in [2.45, 2.75) is 51.7 Å². The Bertz CT molecular complexity index is 771. The maximum atomic E-state index is 13.1. The molecule has 1 atom stereocenters. The lowest BCUT2D eigenvalue weighted by molar-refractivity contribution is 0.0597. The van der Waals surface area contributed by atoms with Crippen molar-refractivity contribution >= 4 is 17.6 Å². The van der Waals surface area contributed by atoms with Crippen molar-refractivity contribution in [1.82, 2.24) is 9.88 Å². The Hall–Kier alpha value is -2.40. The molecule has 1 amide bonds. The molecule has 5 heteroatoms. The van der Waals surface area contributed by atoms with E-state index < -0.39 is 11.7 Å². The van der Waals surface area contributed by atoms with Crippen LogP contribution < -0.4 is 4.90 Å². The van der Waals surface area contributed by atoms with E-state index in [1.54, 1.807) is 11.1 Å². The molecule has 2 heterocycles. The summed E-state index contributed by atoms with van der Waals surface area (Å²) in [6.07, 6.45) is 4.78. The number of amides is 1. The summed E-state index contributed by atoms with van der Waals surface area (Å²) in [5.74, 6) is 0.650. The van der Waals surface area contributed by atoms with Gasteiger partial charge in [-0.05, 0) is 65.4 Å². The van der Waals surface area contributed by atoms with E-state index >= 15 is 0 Å². The molecule has 0 unspecified atom stereocenters. The van der Waals surface area contributed by atoms with E-state index in [1.807, 2.05) is 57.2 Å². The highest BCUT2D eigenvalue weighted by Crippen LogP contribution is 2.37. The molecular weight excluding hydrogens is 338 g/mol. The van der Waals surface area contributed by atoms with Gasteiger partial charge in [0.1, 0.15) is 11.4 Å². The molecule has 1 aromatic carbocycles. The van der Waals surface area contributed by atoms with Crippen LogP contribution in [0.2, 0.25) is 0 Å². The van der Waals surface area contributed by atoms with Gasteiger partial charge in [0.05, 0.1) is 5.69 Å². The number of para-hydroxylation sites is 1. The van der Waals surface area contributed by atoms with Gasteiger partial charge < -0.3 is 4.74 Å². The molecule has 0 aliphatic carbocycles. The fourth-order valence-electron chi connectivity index (χ4n) is 3.52. The molecule has 27 heavy (non-hydrogen) atoms. The van der Waals surface area contributed by atoms with Crippen molar-refractivity contribution in [3.05, 3.63) is 54.2 Å². The molecule has 0 radical (unpaired) electrons. The topological polar surface area (TPSA) is 45.7 Å². The van der Waals surface area contributed by atoms with Crippen LogP contribution in [0.4, 0.5) is 16.3 Å². The summed E-state index contributed by atoms with van der Waals surface area (Å²) < 4.78 is 5.71. The molecule has 2 aromatic rings. The molecule has 0 bridgehead atoms. The Kier molecular flexibility index (Phi) is 5.80. The summed E-state index contributed by atoms with van der Waals surface area (Å²) in [5, 5.41) is 0. The van der Waals surface area contributed by atoms with Crippen molar-refractivity contribution < 1.29 is 9.53 Å². The largest absolute Gasteiger partial charge is 0.443 e. The van der Waals surface area contributed by atoms with E-state index in [0.717, 1.165) is 24.2 Å². The van der Waals surface area contributed by atoms with Gasteiger partial charge in [-0.15, -0.1) is 0 Å². The average molecular weight is 367 g/mol. The Labute approximate surface area is 162 Å². The Morgan fingerprint density at radius 2 is 1.89 bits per heavy atom. The second-order valence-corrected chi connectivity index (χ2v) is 8.06. The number of ether oxygens (including phenoxy) is 1. The normalized spacial score (nSPS) is 18.1. The Morgan fingerprint density at radius 3 is 2.56 bits per heavy atom. The van der Waals surface area contributed by atoms with Crippen molar-refractivity contribution in [2.24, 2.45) is 0 Å². The van der Waals surface area contributed by atoms with Crippen LogP contribution in [0.1, 0.15) is 51.6 Å². The molecule has 1 aliphatic rings. The number of piperidine rings is 1. The summed E-state index contributed by atoms with van der Waals surface area (Å²) in [5.41, 5.74) is 1.24. The fraction of sp³-hybridized carbons (Fsp3) is 0.455. The van der Waals surface area contributed by atoms with Crippen LogP contribution in [0, 0.1) is 0 Å². The number of pyridine rings is 1. The number of hydrogen-bond donors (Lipinski definition) is 0. The third kappa shape index (κ3) is 4.66. The van der Waals surface area contributed by atoms with Crippen LogP contribution in [-0.2, 0) is 4.74 Å². The zero-order valence-corrected chi connectivity index (χ0v) is 16.7. The second-order valence-electron chi connectivity index (χ2n) is 8.06. The van der Waals surface area contributed by atoms with Gasteiger partial charge in [0.15, 0.2) is 0 Å². The zero-order chi connectivity index (χ0) is 19.4. The van der Waals surface area contributed by atoms with Crippen molar-refractivity contribution in [3.63, 3.8) is 0 Å². The first kappa shape index (κ1) is 19.4. The SMILES string of the molecule is CN1CCCC[C@H]1c1cccnc1N(C(=O)OC(C)(C)C)c1ccccc1. The quantitative estimate of drug-likeness (QED) is 0.737. The number of nitrogens with zero attached hydrogens (tertiary/aromatic N) is 3. The smallest absolute Gasteiger partial charge is 0.420 e. The predicted molar refractivity (Wildman–Crippen MR) is 108 cm³/mol. The Balaban J connectivity index is 2.06. The highest BCUT2D eigenvalue weighted by Gasteiger charge is 2.31. The lowest BCUT2D eigenvalue weighted by atomic mass is 9.96. The maximum absolute atomic E-state index is 13.1. The molecule has 1 aliphatic heterocycles. The van der Waals surface area contributed by atoms with Crippen LogP contribution in [0.3, 0.4) is 0 Å². The lowest BCUT2D eigenvalue weighted by Crippen LogP contribution is -2.36. The molecule has 5 nitrogen and oxygen atoms in total. The molecule has 1 saturated heterocycles. The number of anilines is 2. The maximum Gasteiger partial charge on any atom is 0.420 e. The molecule has 0 spiro atoms. The summed E-state index contributed by atoms with van der Waals surface area (Å²) in [4.78, 5) is 21.7. The van der Waals surface area contributed by atoms with Crippen LogP contribution >= 0.6 is 0 Å². The number of aromatic nitrogens is 1. The predicted octanol–water partition coefficient (Wildman–Crippen LogP) is 5.31. The van der Waals surface area contributed by atoms with Gasteiger partial charge in [0.25, 0.3) is 0 Å². The first-order chi connectivity index (χ1) is 12.9. The fourth-order valence-corrected chi connectivity index (χ4v) is 3.52. The van der Waals surface area contributed by atoms with Gasteiger partial charge in [0, 0.05) is 17.8 Å². The molecular formula is C22H29N3O2. The van der Waals surface area contributed by atoms with E-state index in [9.17, 15) is 4.79 Å². The van der Waals surface area contributed by atoms with Gasteiger partial charge in [-0.2, -0.15) is 0 Å². The third-order valence-corrected chi connectivity index (χ3v) is 4.75. The highest BCUT2D eigenvalue weighted by atomic mass is 16.6. The van der Waals surface area contributed by atoms with Crippen molar-refractivity contribution in [3.8, 4) is 0 Å². The average Bonchev–Trinajstić information content (AvgIpc) is 2.62. The molecule has 1 aromatic heterocycles. The zero-order valence-electron chi connectivity index (χ0n) is 16.7. The first-order valence-corrected chi connectivity index (χ1v) is 9.60. The minimum atomic E-state index is -0.583. The summed E-state index contributed by atoms with van der Waals surface area (Å²) in [6.45, 7) is 6.68. The van der Waals surface area contributed by atoms with Crippen LogP contribution in [0.5, 0.6) is 0 Å². The molecule has 3 rings (SSSR count).